The van der Waals surface area contributed by atoms with E-state index in [9.17, 15) is 9.59 Å². The van der Waals surface area contributed by atoms with E-state index in [0.717, 1.165) is 16.9 Å². The summed E-state index contributed by atoms with van der Waals surface area (Å²) in [5, 5.41) is 3.41. The van der Waals surface area contributed by atoms with Crippen molar-refractivity contribution in [3.63, 3.8) is 0 Å². The first-order chi connectivity index (χ1) is 16.5. The average Bonchev–Trinajstić information content (AvgIpc) is 3.15. The van der Waals surface area contributed by atoms with Crippen molar-refractivity contribution in [1.82, 2.24) is 10.7 Å². The van der Waals surface area contributed by atoms with E-state index in [4.69, 9.17) is 21.1 Å². The molecule has 4 rings (SSSR count). The van der Waals surface area contributed by atoms with Crippen LogP contribution in [0, 0.1) is 0 Å². The van der Waals surface area contributed by atoms with E-state index in [-0.39, 0.29) is 11.8 Å². The summed E-state index contributed by atoms with van der Waals surface area (Å²) in [6.07, 6.45) is 1.83. The summed E-state index contributed by atoms with van der Waals surface area (Å²) in [6.45, 7) is 2.51. The Hall–Kier alpha value is -3.84. The van der Waals surface area contributed by atoms with Crippen LogP contribution in [-0.2, 0) is 4.79 Å². The van der Waals surface area contributed by atoms with Crippen LogP contribution in [0.25, 0.3) is 0 Å². The van der Waals surface area contributed by atoms with Gasteiger partial charge in [-0.1, -0.05) is 11.6 Å². The number of benzene rings is 3. The van der Waals surface area contributed by atoms with Crippen molar-refractivity contribution in [1.29, 1.82) is 0 Å². The van der Waals surface area contributed by atoms with Crippen molar-refractivity contribution < 1.29 is 23.7 Å². The lowest BCUT2D eigenvalue weighted by Gasteiger charge is -2.15. The van der Waals surface area contributed by atoms with Gasteiger partial charge in [-0.05, 0) is 79.7 Å². The summed E-state index contributed by atoms with van der Waals surface area (Å²) < 4.78 is 12.5. The van der Waals surface area contributed by atoms with Gasteiger partial charge in [-0.2, -0.15) is 0 Å². The Bertz CT molecular complexity index is 1190. The van der Waals surface area contributed by atoms with Crippen molar-refractivity contribution >= 4 is 29.6 Å². The quantitative estimate of drug-likeness (QED) is 0.507. The van der Waals surface area contributed by atoms with E-state index < -0.39 is 12.1 Å². The molecule has 7 nitrogen and oxygen atoms in total. The van der Waals surface area contributed by atoms with E-state index in [2.05, 4.69) is 10.7 Å². The minimum absolute atomic E-state index is 0.315. The van der Waals surface area contributed by atoms with Crippen LogP contribution < -0.4 is 20.2 Å². The maximum atomic E-state index is 13.0. The molecular weight excluding hydrogens is 454 g/mol. The van der Waals surface area contributed by atoms with Gasteiger partial charge in [0, 0.05) is 21.7 Å². The Morgan fingerprint density at radius 2 is 1.68 bits per heavy atom. The van der Waals surface area contributed by atoms with Crippen LogP contribution >= 0.6 is 11.6 Å². The first-order valence-electron chi connectivity index (χ1n) is 10.9. The van der Waals surface area contributed by atoms with Gasteiger partial charge in [0.1, 0.15) is 11.5 Å². The fourth-order valence-corrected chi connectivity index (χ4v) is 3.91. The third kappa shape index (κ3) is 5.21. The molecule has 8 heteroatoms. The van der Waals surface area contributed by atoms with E-state index in [1.54, 1.807) is 36.1 Å². The number of hydrazone groups is 1. The second-order valence-electron chi connectivity index (χ2n) is 7.69. The topological polar surface area (TPSA) is 79.7 Å². The number of ether oxygens (including phenoxy) is 2. The molecule has 0 unspecified atom stereocenters. The maximum absolute atomic E-state index is 13.0. The molecule has 3 aromatic carbocycles. The Morgan fingerprint density at radius 1 is 1.03 bits per heavy atom. The Kier molecular flexibility index (Phi) is 7.13. The van der Waals surface area contributed by atoms with Gasteiger partial charge in [0.05, 0.1) is 13.7 Å². The van der Waals surface area contributed by atoms with Crippen LogP contribution in [0.1, 0.15) is 34.5 Å². The SMILES string of the molecule is CCOc1ccc(/C=[N+]2\NC(=O)[C@@H](NC(=O)c3ccc(Cl)cc3)[C@H]2c2ccc(OC)cc2)cc1. The van der Waals surface area contributed by atoms with E-state index >= 15 is 0 Å². The van der Waals surface area contributed by atoms with Crippen molar-refractivity contribution in [2.75, 3.05) is 13.7 Å². The molecule has 2 N–H and O–H groups in total. The molecule has 1 aliphatic rings. The highest BCUT2D eigenvalue weighted by atomic mass is 35.5. The van der Waals surface area contributed by atoms with Gasteiger partial charge >= 0.3 is 5.91 Å². The monoisotopic (exact) mass is 478 g/mol. The Morgan fingerprint density at radius 3 is 2.29 bits per heavy atom. The molecule has 2 atom stereocenters. The second kappa shape index (κ2) is 10.4. The summed E-state index contributed by atoms with van der Waals surface area (Å²) in [6, 6.07) is 20.2. The molecule has 0 spiro atoms. The molecule has 0 bridgehead atoms. The number of methoxy groups -OCH3 is 1. The summed E-state index contributed by atoms with van der Waals surface area (Å²) in [4.78, 5) is 25.9. The molecule has 1 aliphatic heterocycles. The molecule has 0 radical (unpaired) electrons. The number of hydrazine groups is 1. The van der Waals surface area contributed by atoms with Gasteiger partial charge in [-0.25, -0.2) is 0 Å². The summed E-state index contributed by atoms with van der Waals surface area (Å²) in [5.74, 6) is 0.790. The van der Waals surface area contributed by atoms with E-state index in [1.165, 1.54) is 0 Å². The maximum Gasteiger partial charge on any atom is 0.304 e. The predicted octanol–water partition coefficient (Wildman–Crippen LogP) is 3.76. The van der Waals surface area contributed by atoms with Gasteiger partial charge in [0.25, 0.3) is 5.91 Å². The molecule has 0 aromatic heterocycles. The number of carbonyl (C=O) groups is 2. The molecule has 1 heterocycles. The number of carbonyl (C=O) groups excluding carboxylic acids is 2. The normalized spacial score (nSPS) is 18.4. The van der Waals surface area contributed by atoms with Crippen molar-refractivity contribution in [2.45, 2.75) is 19.0 Å². The highest BCUT2D eigenvalue weighted by Crippen LogP contribution is 2.27. The number of halogens is 1. The second-order valence-corrected chi connectivity index (χ2v) is 8.13. The molecule has 3 aromatic rings. The zero-order chi connectivity index (χ0) is 24.1. The molecular formula is C26H25ClN3O4+. The van der Waals surface area contributed by atoms with Crippen LogP contribution in [0.3, 0.4) is 0 Å². The van der Waals surface area contributed by atoms with Gasteiger partial charge in [-0.3, -0.25) is 9.59 Å². The largest absolute Gasteiger partial charge is 0.497 e. The van der Waals surface area contributed by atoms with Crippen molar-refractivity contribution in [2.24, 2.45) is 0 Å². The van der Waals surface area contributed by atoms with Crippen LogP contribution in [-0.4, -0.2) is 42.5 Å². The van der Waals surface area contributed by atoms with Crippen LogP contribution in [0.2, 0.25) is 5.02 Å². The molecule has 174 valence electrons. The van der Waals surface area contributed by atoms with Crippen molar-refractivity contribution in [3.8, 4) is 11.5 Å². The van der Waals surface area contributed by atoms with E-state index in [0.29, 0.717) is 22.9 Å². The third-order valence-corrected chi connectivity index (χ3v) is 5.72. The number of nitrogens with one attached hydrogen (secondary N) is 2. The zero-order valence-electron chi connectivity index (χ0n) is 18.8. The zero-order valence-corrected chi connectivity index (χ0v) is 19.6. The number of hydrogen-bond acceptors (Lipinski definition) is 4. The summed E-state index contributed by atoms with van der Waals surface area (Å²) in [5.41, 5.74) is 5.00. The van der Waals surface area contributed by atoms with Gasteiger partial charge < -0.3 is 14.8 Å². The average molecular weight is 479 g/mol. The molecule has 1 fully saturated rings. The van der Waals surface area contributed by atoms with Gasteiger partial charge in [-0.15, -0.1) is 10.1 Å². The number of hydrogen-bond donors (Lipinski definition) is 2. The summed E-state index contributed by atoms with van der Waals surface area (Å²) >= 11 is 5.94. The van der Waals surface area contributed by atoms with Crippen LogP contribution in [0.4, 0.5) is 0 Å². The smallest absolute Gasteiger partial charge is 0.304 e. The van der Waals surface area contributed by atoms with Crippen molar-refractivity contribution in [3.05, 3.63) is 94.5 Å². The third-order valence-electron chi connectivity index (χ3n) is 5.47. The molecule has 0 aliphatic carbocycles. The lowest BCUT2D eigenvalue weighted by molar-refractivity contribution is -0.596. The minimum atomic E-state index is -0.824. The predicted molar refractivity (Wildman–Crippen MR) is 130 cm³/mol. The number of amides is 2. The lowest BCUT2D eigenvalue weighted by Crippen LogP contribution is -2.42. The van der Waals surface area contributed by atoms with Crippen LogP contribution in [0.5, 0.6) is 11.5 Å². The fraction of sp³-hybridized carbons (Fsp3) is 0.192. The molecule has 34 heavy (non-hydrogen) atoms. The number of nitrogens with zero attached hydrogens (tertiary/aromatic N) is 1. The minimum Gasteiger partial charge on any atom is -0.497 e. The molecule has 1 saturated heterocycles. The highest BCUT2D eigenvalue weighted by molar-refractivity contribution is 6.30. The van der Waals surface area contributed by atoms with Gasteiger partial charge in [0.2, 0.25) is 12.3 Å². The van der Waals surface area contributed by atoms with Gasteiger partial charge in [0.15, 0.2) is 6.04 Å². The standard InChI is InChI=1S/C26H24ClN3O4/c1-3-34-22-12-4-17(5-13-22)16-30-24(18-8-14-21(33-2)15-9-18)23(26(32)29-30)28-25(31)19-6-10-20(27)11-7-19/h4-16,23-24H,3H2,1-2H3,(H-,28,29,31,32)/p+1/b30-16-/t23-,24+/m0/s1. The fourth-order valence-electron chi connectivity index (χ4n) is 3.78. The molecule has 0 saturated carbocycles. The first-order valence-corrected chi connectivity index (χ1v) is 11.2. The van der Waals surface area contributed by atoms with Crippen LogP contribution in [0.15, 0.2) is 72.8 Å². The van der Waals surface area contributed by atoms with E-state index in [1.807, 2.05) is 61.7 Å². The Labute approximate surface area is 202 Å². The summed E-state index contributed by atoms with van der Waals surface area (Å²) in [7, 11) is 1.59. The number of rotatable bonds is 7. The molecule has 2 amide bonds. The first kappa shape index (κ1) is 23.3. The lowest BCUT2D eigenvalue weighted by atomic mass is 9.99. The highest BCUT2D eigenvalue weighted by Gasteiger charge is 2.47. The Balaban J connectivity index is 1.67.